The van der Waals surface area contributed by atoms with Crippen LogP contribution in [0.3, 0.4) is 0 Å². The fourth-order valence-electron chi connectivity index (χ4n) is 1.88. The summed E-state index contributed by atoms with van der Waals surface area (Å²) >= 11 is 0.591. The maximum atomic E-state index is 12.5. The van der Waals surface area contributed by atoms with Crippen molar-refractivity contribution in [1.82, 2.24) is 4.90 Å². The molecule has 170 valence electrons. The van der Waals surface area contributed by atoms with Crippen molar-refractivity contribution < 1.29 is 28.9 Å². The second-order valence-electron chi connectivity index (χ2n) is 8.18. The molecule has 0 atom stereocenters. The Labute approximate surface area is 182 Å². The SMILES string of the molecule is CN(C(=O)OC(C)(C)C)/C(=N\C(=O)OC(C)(C)C)Sc1ccc([N+](=O)[O-])cc1[N+](=O)[O-]. The first-order chi connectivity index (χ1) is 14.0. The van der Waals surface area contributed by atoms with E-state index in [4.69, 9.17) is 9.47 Å². The predicted octanol–water partition coefficient (Wildman–Crippen LogP) is 4.75. The van der Waals surface area contributed by atoms with Gasteiger partial charge in [0.1, 0.15) is 11.2 Å². The van der Waals surface area contributed by atoms with E-state index in [1.165, 1.54) is 7.05 Å². The Morgan fingerprint density at radius 1 is 1.00 bits per heavy atom. The van der Waals surface area contributed by atoms with Crippen molar-refractivity contribution in [2.75, 3.05) is 7.05 Å². The topological polar surface area (TPSA) is 154 Å². The summed E-state index contributed by atoms with van der Waals surface area (Å²) < 4.78 is 10.4. The number of hydrogen-bond acceptors (Lipinski definition) is 9. The van der Waals surface area contributed by atoms with Crippen LogP contribution >= 0.6 is 11.8 Å². The summed E-state index contributed by atoms with van der Waals surface area (Å²) in [6.45, 7) is 9.76. The minimum Gasteiger partial charge on any atom is -0.443 e. The Balaban J connectivity index is 3.41. The molecule has 0 aromatic heterocycles. The molecule has 0 fully saturated rings. The van der Waals surface area contributed by atoms with Gasteiger partial charge in [-0.25, -0.2) is 9.59 Å². The number of aliphatic imine (C=N–C) groups is 1. The number of nitro groups is 2. The minimum absolute atomic E-state index is 0.0756. The van der Waals surface area contributed by atoms with Crippen LogP contribution in [0.2, 0.25) is 0 Å². The molecule has 0 radical (unpaired) electrons. The van der Waals surface area contributed by atoms with Gasteiger partial charge in [-0.2, -0.15) is 4.99 Å². The Morgan fingerprint density at radius 3 is 2.00 bits per heavy atom. The summed E-state index contributed by atoms with van der Waals surface area (Å²) in [6, 6.07) is 2.98. The molecule has 0 aliphatic carbocycles. The van der Waals surface area contributed by atoms with Crippen LogP contribution in [0.4, 0.5) is 21.0 Å². The van der Waals surface area contributed by atoms with Crippen molar-refractivity contribution in [3.63, 3.8) is 0 Å². The van der Waals surface area contributed by atoms with E-state index in [1.807, 2.05) is 0 Å². The van der Waals surface area contributed by atoms with Crippen molar-refractivity contribution in [3.8, 4) is 0 Å². The van der Waals surface area contributed by atoms with Gasteiger partial charge in [0.05, 0.1) is 20.8 Å². The van der Waals surface area contributed by atoms with Gasteiger partial charge in [-0.3, -0.25) is 25.1 Å². The molecule has 1 aromatic rings. The standard InChI is InChI=1S/C18H24N4O8S/c1-17(2,3)29-15(23)19-14(20(7)16(24)30-18(4,5)6)31-13-9-8-11(21(25)26)10-12(13)22(27)28/h8-10H,1-7H3/b19-14+. The van der Waals surface area contributed by atoms with Crippen LogP contribution in [-0.2, 0) is 9.47 Å². The fraction of sp³-hybridized carbons (Fsp3) is 0.500. The predicted molar refractivity (Wildman–Crippen MR) is 113 cm³/mol. The number of nitro benzene ring substituents is 2. The summed E-state index contributed by atoms with van der Waals surface area (Å²) in [7, 11) is 1.27. The molecule has 2 amide bonds. The number of thioether (sulfide) groups is 1. The van der Waals surface area contributed by atoms with Gasteiger partial charge in [-0.1, -0.05) is 0 Å². The molecular weight excluding hydrogens is 432 g/mol. The number of carbonyl (C=O) groups is 2. The van der Waals surface area contributed by atoms with Gasteiger partial charge in [0.15, 0.2) is 5.17 Å². The van der Waals surface area contributed by atoms with Crippen molar-refractivity contribution in [3.05, 3.63) is 38.4 Å². The molecule has 13 heteroatoms. The number of non-ortho nitro benzene ring substituents is 1. The van der Waals surface area contributed by atoms with E-state index in [-0.39, 0.29) is 10.1 Å². The third-order valence-corrected chi connectivity index (χ3v) is 4.20. The smallest absolute Gasteiger partial charge is 0.436 e. The van der Waals surface area contributed by atoms with Crippen LogP contribution in [0, 0.1) is 20.2 Å². The summed E-state index contributed by atoms with van der Waals surface area (Å²) in [5.41, 5.74) is -2.80. The first kappa shape index (κ1) is 25.8. The van der Waals surface area contributed by atoms with Gasteiger partial charge >= 0.3 is 12.2 Å². The summed E-state index contributed by atoms with van der Waals surface area (Å²) in [5.74, 6) is 0. The van der Waals surface area contributed by atoms with Gasteiger partial charge in [0.25, 0.3) is 11.4 Å². The molecule has 0 bridgehead atoms. The number of ether oxygens (including phenoxy) is 2. The molecule has 0 aliphatic rings. The lowest BCUT2D eigenvalue weighted by molar-refractivity contribution is -0.396. The molecular formula is C18H24N4O8S. The van der Waals surface area contributed by atoms with Crippen LogP contribution < -0.4 is 0 Å². The molecule has 0 heterocycles. The van der Waals surface area contributed by atoms with E-state index in [0.717, 1.165) is 23.1 Å². The average molecular weight is 456 g/mol. The quantitative estimate of drug-likeness (QED) is 0.206. The summed E-state index contributed by atoms with van der Waals surface area (Å²) in [6.07, 6.45) is -1.90. The Hall–Kier alpha value is -3.22. The van der Waals surface area contributed by atoms with E-state index in [9.17, 15) is 29.8 Å². The average Bonchev–Trinajstić information content (AvgIpc) is 2.57. The fourth-order valence-corrected chi connectivity index (χ4v) is 2.79. The second kappa shape index (κ2) is 9.73. The maximum absolute atomic E-state index is 12.5. The van der Waals surface area contributed by atoms with Gasteiger partial charge in [-0.05, 0) is 59.4 Å². The van der Waals surface area contributed by atoms with Crippen LogP contribution in [-0.4, -0.2) is 50.4 Å². The molecule has 31 heavy (non-hydrogen) atoms. The highest BCUT2D eigenvalue weighted by Crippen LogP contribution is 2.34. The highest BCUT2D eigenvalue weighted by Gasteiger charge is 2.28. The van der Waals surface area contributed by atoms with E-state index in [0.29, 0.717) is 11.8 Å². The normalized spacial score (nSPS) is 12.2. The Morgan fingerprint density at radius 2 is 1.55 bits per heavy atom. The maximum Gasteiger partial charge on any atom is 0.436 e. The highest BCUT2D eigenvalue weighted by molar-refractivity contribution is 8.14. The third kappa shape index (κ3) is 8.58. The van der Waals surface area contributed by atoms with E-state index in [1.54, 1.807) is 41.5 Å². The molecule has 1 aromatic carbocycles. The second-order valence-corrected chi connectivity index (χ2v) is 9.19. The first-order valence-corrected chi connectivity index (χ1v) is 9.71. The Bertz CT molecular complexity index is 918. The summed E-state index contributed by atoms with van der Waals surface area (Å²) in [5, 5.41) is 22.1. The highest BCUT2D eigenvalue weighted by atomic mass is 32.2. The van der Waals surface area contributed by atoms with Crippen molar-refractivity contribution >= 4 is 40.5 Å². The first-order valence-electron chi connectivity index (χ1n) is 8.89. The van der Waals surface area contributed by atoms with Crippen molar-refractivity contribution in [1.29, 1.82) is 0 Å². The van der Waals surface area contributed by atoms with E-state index in [2.05, 4.69) is 4.99 Å². The van der Waals surface area contributed by atoms with E-state index >= 15 is 0 Å². The number of nitrogens with zero attached hydrogens (tertiary/aromatic N) is 4. The van der Waals surface area contributed by atoms with Crippen LogP contribution in [0.15, 0.2) is 28.1 Å². The minimum atomic E-state index is -1.03. The molecule has 0 saturated carbocycles. The number of carbonyl (C=O) groups excluding carboxylic acids is 2. The molecule has 0 saturated heterocycles. The molecule has 0 aliphatic heterocycles. The number of rotatable bonds is 3. The largest absolute Gasteiger partial charge is 0.443 e. The number of amides is 2. The number of benzene rings is 1. The van der Waals surface area contributed by atoms with Crippen molar-refractivity contribution in [2.24, 2.45) is 4.99 Å². The number of amidine groups is 1. The summed E-state index contributed by atoms with van der Waals surface area (Å²) in [4.78, 5) is 50.0. The zero-order valence-corrected chi connectivity index (χ0v) is 19.0. The molecule has 0 N–H and O–H groups in total. The lowest BCUT2D eigenvalue weighted by atomic mass is 10.2. The van der Waals surface area contributed by atoms with Gasteiger partial charge in [-0.15, -0.1) is 0 Å². The number of hydrogen-bond donors (Lipinski definition) is 0. The van der Waals surface area contributed by atoms with Gasteiger partial charge < -0.3 is 9.47 Å². The van der Waals surface area contributed by atoms with Crippen molar-refractivity contribution in [2.45, 2.75) is 57.6 Å². The lowest BCUT2D eigenvalue weighted by Gasteiger charge is -2.25. The third-order valence-electron chi connectivity index (χ3n) is 3.09. The molecule has 0 spiro atoms. The zero-order valence-electron chi connectivity index (χ0n) is 18.2. The van der Waals surface area contributed by atoms with E-state index < -0.39 is 44.6 Å². The zero-order chi connectivity index (χ0) is 24.1. The molecule has 12 nitrogen and oxygen atoms in total. The Kier molecular flexibility index (Phi) is 8.10. The lowest BCUT2D eigenvalue weighted by Crippen LogP contribution is -2.37. The van der Waals surface area contributed by atoms with Gasteiger partial charge in [0, 0.05) is 13.1 Å². The molecule has 1 rings (SSSR count). The monoisotopic (exact) mass is 456 g/mol. The van der Waals surface area contributed by atoms with Crippen LogP contribution in [0.25, 0.3) is 0 Å². The van der Waals surface area contributed by atoms with Gasteiger partial charge in [0.2, 0.25) is 0 Å². The molecule has 0 unspecified atom stereocenters. The van der Waals surface area contributed by atoms with Crippen LogP contribution in [0.1, 0.15) is 41.5 Å². The van der Waals surface area contributed by atoms with Crippen LogP contribution in [0.5, 0.6) is 0 Å².